The van der Waals surface area contributed by atoms with Gasteiger partial charge in [-0.1, -0.05) is 36.4 Å². The van der Waals surface area contributed by atoms with E-state index in [0.717, 1.165) is 68.2 Å². The Morgan fingerprint density at radius 2 is 1.68 bits per heavy atom. The zero-order valence-corrected chi connectivity index (χ0v) is 23.3. The molecule has 1 heterocycles. The normalized spacial score (nSPS) is 13.6. The maximum atomic E-state index is 12.4. The van der Waals surface area contributed by atoms with E-state index >= 15 is 0 Å². The van der Waals surface area contributed by atoms with E-state index < -0.39 is 5.97 Å². The molecule has 0 fully saturated rings. The molecule has 0 bridgehead atoms. The molecule has 0 saturated carbocycles. The van der Waals surface area contributed by atoms with Crippen LogP contribution in [0.2, 0.25) is 0 Å². The van der Waals surface area contributed by atoms with E-state index in [1.54, 1.807) is 0 Å². The Kier molecular flexibility index (Phi) is 9.19. The summed E-state index contributed by atoms with van der Waals surface area (Å²) < 4.78 is 7.26. The second kappa shape index (κ2) is 12.7. The van der Waals surface area contributed by atoms with Crippen molar-refractivity contribution in [3.05, 3.63) is 107 Å². The SMILES string of the molecule is CC(=O)O.O=C1N=C(Nc2cc[c]([Na])cc2)SC1=Cc1ccc2cc(OCc3ccccc3)ccc2c1. The number of thioether (sulfide) groups is 1. The summed E-state index contributed by atoms with van der Waals surface area (Å²) in [7, 11) is 0. The van der Waals surface area contributed by atoms with E-state index in [1.807, 2.05) is 60.7 Å². The van der Waals surface area contributed by atoms with Crippen LogP contribution in [0.3, 0.4) is 0 Å². The molecule has 0 spiro atoms. The number of carbonyl (C=O) groups excluding carboxylic acids is 1. The zero-order chi connectivity index (χ0) is 26.2. The van der Waals surface area contributed by atoms with Crippen LogP contribution in [-0.4, -0.2) is 50.1 Å². The summed E-state index contributed by atoms with van der Waals surface area (Å²) in [6.07, 6.45) is 1.89. The number of fused-ring (bicyclic) bond motifs is 1. The first-order valence-corrected chi connectivity index (χ1v) is 13.4. The molecule has 4 aromatic rings. The van der Waals surface area contributed by atoms with Crippen LogP contribution in [0, 0.1) is 0 Å². The molecule has 5 rings (SSSR count). The molecule has 180 valence electrons. The summed E-state index contributed by atoms with van der Waals surface area (Å²) in [4.78, 5) is 26.2. The number of amides is 1. The van der Waals surface area contributed by atoms with Crippen molar-refractivity contribution in [1.29, 1.82) is 0 Å². The Labute approximate surface area is 236 Å². The number of hydrogen-bond acceptors (Lipinski definition) is 5. The van der Waals surface area contributed by atoms with E-state index in [9.17, 15) is 4.79 Å². The van der Waals surface area contributed by atoms with E-state index in [2.05, 4.69) is 46.7 Å². The third-order valence-corrected chi connectivity index (χ3v) is 6.87. The van der Waals surface area contributed by atoms with Crippen LogP contribution < -0.4 is 12.9 Å². The van der Waals surface area contributed by atoms with Gasteiger partial charge in [0.1, 0.15) is 12.4 Å². The summed E-state index contributed by atoms with van der Waals surface area (Å²) in [6, 6.07) is 30.5. The van der Waals surface area contributed by atoms with Crippen molar-refractivity contribution in [3.8, 4) is 5.75 Å². The Morgan fingerprint density at radius 3 is 2.41 bits per heavy atom. The first-order valence-electron chi connectivity index (χ1n) is 11.6. The van der Waals surface area contributed by atoms with Gasteiger partial charge in [-0.2, -0.15) is 0 Å². The Hall–Kier alpha value is -3.36. The molecule has 6 nitrogen and oxygen atoms in total. The zero-order valence-electron chi connectivity index (χ0n) is 20.5. The number of carboxylic acids is 1. The molecule has 1 aliphatic heterocycles. The predicted molar refractivity (Wildman–Crippen MR) is 151 cm³/mol. The summed E-state index contributed by atoms with van der Waals surface area (Å²) in [6.45, 7) is 1.62. The van der Waals surface area contributed by atoms with Crippen molar-refractivity contribution < 1.29 is 19.4 Å². The Bertz CT molecular complexity index is 1480. The van der Waals surface area contributed by atoms with Crippen LogP contribution >= 0.6 is 11.8 Å². The number of hydrogen-bond donors (Lipinski definition) is 2. The number of carbonyl (C=O) groups is 2. The van der Waals surface area contributed by atoms with Crippen molar-refractivity contribution in [3.63, 3.8) is 0 Å². The van der Waals surface area contributed by atoms with E-state index in [1.165, 1.54) is 14.6 Å². The first-order chi connectivity index (χ1) is 17.9. The third-order valence-electron chi connectivity index (χ3n) is 5.31. The van der Waals surface area contributed by atoms with Crippen LogP contribution in [0.5, 0.6) is 5.75 Å². The first kappa shape index (κ1) is 26.7. The molecule has 0 aliphatic carbocycles. The number of nitrogens with zero attached hydrogens (tertiary/aromatic N) is 1. The standard InChI is InChI=1S/C27H19N2O2S.C2H4O2.Na/c30-26-25(32-27(29-26)28-23-9-5-2-6-10-23)16-20-11-12-22-17-24(14-13-21(22)15-20)31-18-19-7-3-1-4-8-19;1-2(3)4;/h1,3-17H,18H2,(H,28,29,30);1H3,(H,3,4);. The average Bonchev–Trinajstić information content (AvgIpc) is 3.22. The molecule has 1 aliphatic rings. The van der Waals surface area contributed by atoms with Crippen molar-refractivity contribution in [1.82, 2.24) is 0 Å². The fraction of sp³-hybridized carbons (Fsp3) is 0.0690. The van der Waals surface area contributed by atoms with Gasteiger partial charge >= 0.3 is 139 Å². The maximum absolute atomic E-state index is 12.4. The van der Waals surface area contributed by atoms with Gasteiger partial charge in [-0.25, -0.2) is 0 Å². The van der Waals surface area contributed by atoms with Gasteiger partial charge < -0.3 is 9.84 Å². The third kappa shape index (κ3) is 8.06. The van der Waals surface area contributed by atoms with Crippen molar-refractivity contribution in [2.45, 2.75) is 13.5 Å². The van der Waals surface area contributed by atoms with Crippen molar-refractivity contribution in [2.24, 2.45) is 4.99 Å². The van der Waals surface area contributed by atoms with Gasteiger partial charge in [0.2, 0.25) is 0 Å². The number of aliphatic carboxylic acids is 1. The van der Waals surface area contributed by atoms with Crippen LogP contribution in [0.4, 0.5) is 5.69 Å². The molecule has 0 saturated heterocycles. The molecule has 1 amide bonds. The summed E-state index contributed by atoms with van der Waals surface area (Å²) in [5.41, 5.74) is 3.04. The van der Waals surface area contributed by atoms with Gasteiger partial charge in [-0.3, -0.25) is 4.79 Å². The molecule has 4 aromatic carbocycles. The molecular formula is C29H23N2NaO4S. The predicted octanol–water partition coefficient (Wildman–Crippen LogP) is 5.39. The molecule has 0 aromatic heterocycles. The van der Waals surface area contributed by atoms with E-state index in [-0.39, 0.29) is 5.91 Å². The van der Waals surface area contributed by atoms with Crippen LogP contribution in [0.15, 0.2) is 101 Å². The van der Waals surface area contributed by atoms with Gasteiger partial charge in [-0.05, 0) is 23.1 Å². The Morgan fingerprint density at radius 1 is 1.00 bits per heavy atom. The molecular weight excluding hydrogens is 495 g/mol. The van der Waals surface area contributed by atoms with Crippen molar-refractivity contribution >= 4 is 82.1 Å². The van der Waals surface area contributed by atoms with Crippen molar-refractivity contribution in [2.75, 3.05) is 5.32 Å². The van der Waals surface area contributed by atoms with Crippen LogP contribution in [0.1, 0.15) is 18.1 Å². The summed E-state index contributed by atoms with van der Waals surface area (Å²) in [5.74, 6) is -0.215. The Balaban J connectivity index is 0.000000747. The van der Waals surface area contributed by atoms with Crippen LogP contribution in [0.25, 0.3) is 16.8 Å². The molecule has 0 unspecified atom stereocenters. The number of rotatable bonds is 5. The fourth-order valence-electron chi connectivity index (χ4n) is 3.54. The average molecular weight is 519 g/mol. The monoisotopic (exact) mass is 518 g/mol. The minimum absolute atomic E-state index is 0.216. The summed E-state index contributed by atoms with van der Waals surface area (Å²) in [5, 5.41) is 13.4. The topological polar surface area (TPSA) is 88.0 Å². The minimum atomic E-state index is -0.833. The number of aliphatic imine (C=N–C) groups is 1. The van der Waals surface area contributed by atoms with Gasteiger partial charge in [0.25, 0.3) is 5.97 Å². The molecule has 0 atom stereocenters. The second-order valence-electron chi connectivity index (χ2n) is 8.39. The van der Waals surface area contributed by atoms with Gasteiger partial charge in [0.05, 0.1) is 0 Å². The number of amidine groups is 1. The molecule has 0 radical (unpaired) electrons. The number of benzene rings is 4. The molecule has 37 heavy (non-hydrogen) atoms. The van der Waals surface area contributed by atoms with Gasteiger partial charge in [0, 0.05) is 6.92 Å². The quantitative estimate of drug-likeness (QED) is 0.272. The fourth-order valence-corrected chi connectivity index (χ4v) is 4.70. The number of ether oxygens (including phenoxy) is 1. The number of nitrogens with one attached hydrogen (secondary N) is 1. The summed E-state index contributed by atoms with van der Waals surface area (Å²) >= 11 is 2.38. The van der Waals surface area contributed by atoms with Gasteiger partial charge in [-0.15, -0.1) is 0 Å². The van der Waals surface area contributed by atoms with E-state index in [0.29, 0.717) is 16.7 Å². The second-order valence-corrected chi connectivity index (χ2v) is 10.6. The number of carboxylic acid groups (broad SMARTS) is 1. The van der Waals surface area contributed by atoms with Gasteiger partial charge in [0.15, 0.2) is 0 Å². The van der Waals surface area contributed by atoms with Crippen LogP contribution in [-0.2, 0) is 16.2 Å². The number of anilines is 1. The molecule has 2 N–H and O–H groups in total. The van der Waals surface area contributed by atoms with E-state index in [4.69, 9.17) is 14.6 Å². The molecule has 8 heteroatoms.